The molecule has 0 unspecified atom stereocenters. The Hall–Kier alpha value is -1.50. The number of nitrogens with zero attached hydrogens (tertiary/aromatic N) is 1. The summed E-state index contributed by atoms with van der Waals surface area (Å²) in [5, 5.41) is 12.6. The zero-order chi connectivity index (χ0) is 13.0. The third-order valence-corrected chi connectivity index (χ3v) is 3.30. The van der Waals surface area contributed by atoms with Crippen LogP contribution in [0.2, 0.25) is 5.02 Å². The Kier molecular flexibility index (Phi) is 4.24. The van der Waals surface area contributed by atoms with Crippen LogP contribution in [-0.2, 0) is 6.54 Å². The van der Waals surface area contributed by atoms with Crippen LogP contribution in [0.25, 0.3) is 0 Å². The summed E-state index contributed by atoms with van der Waals surface area (Å²) in [5.41, 5.74) is 2.66. The summed E-state index contributed by atoms with van der Waals surface area (Å²) >= 11 is 9.47. The van der Waals surface area contributed by atoms with Crippen LogP contribution in [0.1, 0.15) is 11.1 Å². The van der Waals surface area contributed by atoms with Gasteiger partial charge in [-0.25, -0.2) is 0 Å². The van der Waals surface area contributed by atoms with E-state index in [1.807, 2.05) is 30.3 Å². The highest BCUT2D eigenvalue weighted by Gasteiger charge is 2.00. The molecule has 0 heterocycles. The highest BCUT2D eigenvalue weighted by atomic mass is 79.9. The first-order valence-corrected chi connectivity index (χ1v) is 6.54. The smallest absolute Gasteiger partial charge is 0.0991 e. The highest BCUT2D eigenvalue weighted by Crippen LogP contribution is 2.26. The molecule has 0 aliphatic carbocycles. The van der Waals surface area contributed by atoms with E-state index in [-0.39, 0.29) is 0 Å². The van der Waals surface area contributed by atoms with Crippen LogP contribution in [0.4, 0.5) is 5.69 Å². The summed E-state index contributed by atoms with van der Waals surface area (Å²) in [7, 11) is 0. The summed E-state index contributed by atoms with van der Waals surface area (Å²) in [4.78, 5) is 0. The van der Waals surface area contributed by atoms with Gasteiger partial charge in [0.2, 0.25) is 0 Å². The maximum atomic E-state index is 8.71. The van der Waals surface area contributed by atoms with Gasteiger partial charge in [-0.2, -0.15) is 5.26 Å². The molecule has 0 aromatic heterocycles. The van der Waals surface area contributed by atoms with Crippen LogP contribution in [0, 0.1) is 11.3 Å². The van der Waals surface area contributed by atoms with Gasteiger partial charge < -0.3 is 5.32 Å². The largest absolute Gasteiger partial charge is 0.380 e. The van der Waals surface area contributed by atoms with Gasteiger partial charge in [0.25, 0.3) is 0 Å². The summed E-state index contributed by atoms with van der Waals surface area (Å²) in [6, 6.07) is 15.3. The van der Waals surface area contributed by atoms with Crippen LogP contribution in [0.5, 0.6) is 0 Å². The first-order valence-electron chi connectivity index (χ1n) is 5.37. The summed E-state index contributed by atoms with van der Waals surface area (Å²) in [6.45, 7) is 0.674. The molecule has 2 rings (SSSR count). The predicted octanol–water partition coefficient (Wildman–Crippen LogP) is 4.59. The summed E-state index contributed by atoms with van der Waals surface area (Å²) in [6.07, 6.45) is 0. The molecule has 0 aliphatic rings. The Morgan fingerprint density at radius 1 is 1.17 bits per heavy atom. The van der Waals surface area contributed by atoms with Crippen molar-refractivity contribution in [3.63, 3.8) is 0 Å². The lowest BCUT2D eigenvalue weighted by atomic mass is 10.1. The summed E-state index contributed by atoms with van der Waals surface area (Å²) < 4.78 is 0.955. The lowest BCUT2D eigenvalue weighted by molar-refractivity contribution is 1.15. The number of benzene rings is 2. The molecule has 0 atom stereocenters. The van der Waals surface area contributed by atoms with Crippen molar-refractivity contribution in [3.8, 4) is 6.07 Å². The lowest BCUT2D eigenvalue weighted by Gasteiger charge is -2.08. The van der Waals surface area contributed by atoms with Gasteiger partial charge in [-0.15, -0.1) is 0 Å². The monoisotopic (exact) mass is 320 g/mol. The first-order chi connectivity index (χ1) is 8.69. The van der Waals surface area contributed by atoms with Crippen molar-refractivity contribution in [2.45, 2.75) is 6.54 Å². The van der Waals surface area contributed by atoms with Crippen molar-refractivity contribution in [1.82, 2.24) is 0 Å². The quantitative estimate of drug-likeness (QED) is 0.897. The van der Waals surface area contributed by atoms with Gasteiger partial charge in [0, 0.05) is 11.0 Å². The van der Waals surface area contributed by atoms with Crippen molar-refractivity contribution >= 4 is 33.2 Å². The van der Waals surface area contributed by atoms with Gasteiger partial charge in [-0.05, 0) is 35.9 Å². The first kappa shape index (κ1) is 12.9. The number of rotatable bonds is 3. The molecule has 0 radical (unpaired) electrons. The van der Waals surface area contributed by atoms with E-state index >= 15 is 0 Å². The molecule has 0 saturated heterocycles. The molecule has 2 nitrogen and oxygen atoms in total. The molecule has 18 heavy (non-hydrogen) atoms. The third-order valence-electron chi connectivity index (χ3n) is 2.50. The average Bonchev–Trinajstić information content (AvgIpc) is 2.38. The summed E-state index contributed by atoms with van der Waals surface area (Å²) in [5.74, 6) is 0. The minimum absolute atomic E-state index is 0.667. The van der Waals surface area contributed by atoms with Crippen LogP contribution in [0.15, 0.2) is 46.9 Å². The normalized spacial score (nSPS) is 9.83. The zero-order valence-electron chi connectivity index (χ0n) is 9.45. The fourth-order valence-corrected chi connectivity index (χ4v) is 2.27. The molecule has 1 N–H and O–H groups in total. The van der Waals surface area contributed by atoms with Crippen LogP contribution in [-0.4, -0.2) is 0 Å². The number of nitriles is 1. The molecule has 4 heteroatoms. The highest BCUT2D eigenvalue weighted by molar-refractivity contribution is 9.10. The molecular weight excluding hydrogens is 312 g/mol. The van der Waals surface area contributed by atoms with Crippen LogP contribution >= 0.6 is 27.5 Å². The molecule has 0 spiro atoms. The number of halogens is 2. The molecule has 0 fully saturated rings. The molecule has 90 valence electrons. The van der Waals surface area contributed by atoms with E-state index in [2.05, 4.69) is 27.3 Å². The third kappa shape index (κ3) is 3.25. The van der Waals surface area contributed by atoms with Crippen molar-refractivity contribution in [2.75, 3.05) is 5.32 Å². The van der Waals surface area contributed by atoms with Gasteiger partial charge in [-0.3, -0.25) is 0 Å². The van der Waals surface area contributed by atoms with E-state index in [1.54, 1.807) is 12.1 Å². The van der Waals surface area contributed by atoms with E-state index in [1.165, 1.54) is 0 Å². The van der Waals surface area contributed by atoms with Crippen LogP contribution < -0.4 is 5.32 Å². The fraction of sp³-hybridized carbons (Fsp3) is 0.0714. The molecule has 0 aliphatic heterocycles. The topological polar surface area (TPSA) is 35.8 Å². The van der Waals surface area contributed by atoms with Crippen molar-refractivity contribution in [1.29, 1.82) is 5.26 Å². The maximum absolute atomic E-state index is 8.71. The van der Waals surface area contributed by atoms with E-state index in [0.29, 0.717) is 17.1 Å². The van der Waals surface area contributed by atoms with E-state index < -0.39 is 0 Å². The van der Waals surface area contributed by atoms with Crippen molar-refractivity contribution in [2.24, 2.45) is 0 Å². The second-order valence-electron chi connectivity index (χ2n) is 3.79. The van der Waals surface area contributed by atoms with E-state index in [4.69, 9.17) is 16.9 Å². The SMILES string of the molecule is N#Cc1ccc(CNc2ccc(Br)cc2Cl)cc1. The predicted molar refractivity (Wildman–Crippen MR) is 77.6 cm³/mol. The van der Waals surface area contributed by atoms with Gasteiger partial charge in [0.1, 0.15) is 0 Å². The Bertz CT molecular complexity index is 588. The standard InChI is InChI=1S/C14H10BrClN2/c15-12-5-6-14(13(16)7-12)18-9-11-3-1-10(8-17)2-4-11/h1-7,18H,9H2. The Morgan fingerprint density at radius 3 is 2.50 bits per heavy atom. The second kappa shape index (κ2) is 5.90. The van der Waals surface area contributed by atoms with E-state index in [9.17, 15) is 0 Å². The van der Waals surface area contributed by atoms with Gasteiger partial charge in [-0.1, -0.05) is 39.7 Å². The minimum Gasteiger partial charge on any atom is -0.380 e. The van der Waals surface area contributed by atoms with Crippen LogP contribution in [0.3, 0.4) is 0 Å². The lowest BCUT2D eigenvalue weighted by Crippen LogP contribution is -1.99. The van der Waals surface area contributed by atoms with Gasteiger partial charge in [0.05, 0.1) is 22.3 Å². The van der Waals surface area contributed by atoms with Gasteiger partial charge in [0.15, 0.2) is 0 Å². The molecule has 2 aromatic rings. The molecule has 2 aromatic carbocycles. The Balaban J connectivity index is 2.04. The van der Waals surface area contributed by atoms with Crippen molar-refractivity contribution in [3.05, 3.63) is 63.1 Å². The molecule has 0 amide bonds. The molecular formula is C14H10BrClN2. The molecule has 0 saturated carbocycles. The number of nitrogens with one attached hydrogen (secondary N) is 1. The number of anilines is 1. The second-order valence-corrected chi connectivity index (χ2v) is 5.11. The number of hydrogen-bond donors (Lipinski definition) is 1. The fourth-order valence-electron chi connectivity index (χ4n) is 1.53. The number of hydrogen-bond acceptors (Lipinski definition) is 2. The Labute approximate surface area is 119 Å². The minimum atomic E-state index is 0.667. The van der Waals surface area contributed by atoms with E-state index in [0.717, 1.165) is 15.7 Å². The van der Waals surface area contributed by atoms with Gasteiger partial charge >= 0.3 is 0 Å². The molecule has 0 bridgehead atoms. The zero-order valence-corrected chi connectivity index (χ0v) is 11.8. The maximum Gasteiger partial charge on any atom is 0.0991 e. The Morgan fingerprint density at radius 2 is 1.89 bits per heavy atom. The van der Waals surface area contributed by atoms with Crippen molar-refractivity contribution < 1.29 is 0 Å². The average molecular weight is 322 g/mol.